The lowest BCUT2D eigenvalue weighted by atomic mass is 10.0. The number of likely N-dealkylation sites (tertiary alicyclic amines) is 1. The Morgan fingerprint density at radius 2 is 1.77 bits per heavy atom. The number of nitrogens with zero attached hydrogens (tertiary/aromatic N) is 5. The second kappa shape index (κ2) is 8.16. The van der Waals surface area contributed by atoms with Crippen molar-refractivity contribution in [1.82, 2.24) is 24.5 Å². The maximum atomic E-state index is 13.4. The zero-order valence-electron chi connectivity index (χ0n) is 18.3. The number of carbonyl (C=O) groups excluding carboxylic acids is 1. The number of aryl methyl sites for hydroxylation is 1. The van der Waals surface area contributed by atoms with Crippen LogP contribution in [0, 0.1) is 6.92 Å². The number of carbonyl (C=O) groups is 1. The number of amides is 1. The van der Waals surface area contributed by atoms with E-state index in [0.717, 1.165) is 57.7 Å². The maximum absolute atomic E-state index is 13.4. The summed E-state index contributed by atoms with van der Waals surface area (Å²) in [5.41, 5.74) is 5.39. The van der Waals surface area contributed by atoms with Crippen LogP contribution >= 0.6 is 0 Å². The molecule has 0 radical (unpaired) electrons. The molecule has 6 nitrogen and oxygen atoms in total. The standard InChI is InChI=1S/C24H33N5O/c1-18-8-10-19(11-9-18)29-22-7-3-6-21(22)23(25-29)24(30)28-15-13-27(14-16-28)20-5-4-12-26(2)17-20/h8-11,20H,3-7,12-17H2,1-2H3. The van der Waals surface area contributed by atoms with Crippen LogP contribution in [0.5, 0.6) is 0 Å². The highest BCUT2D eigenvalue weighted by molar-refractivity contribution is 5.94. The first-order chi connectivity index (χ1) is 14.6. The van der Waals surface area contributed by atoms with Crippen LogP contribution in [0.2, 0.25) is 0 Å². The van der Waals surface area contributed by atoms with Gasteiger partial charge in [-0.25, -0.2) is 4.68 Å². The van der Waals surface area contributed by atoms with E-state index in [1.165, 1.54) is 36.2 Å². The van der Waals surface area contributed by atoms with E-state index >= 15 is 0 Å². The third-order valence-electron chi connectivity index (χ3n) is 7.13. The largest absolute Gasteiger partial charge is 0.335 e. The van der Waals surface area contributed by atoms with E-state index in [0.29, 0.717) is 11.7 Å². The molecule has 5 rings (SSSR count). The van der Waals surface area contributed by atoms with Crippen LogP contribution in [0.3, 0.4) is 0 Å². The maximum Gasteiger partial charge on any atom is 0.274 e. The highest BCUT2D eigenvalue weighted by atomic mass is 16.2. The van der Waals surface area contributed by atoms with Gasteiger partial charge in [0.25, 0.3) is 5.91 Å². The van der Waals surface area contributed by atoms with E-state index in [-0.39, 0.29) is 5.91 Å². The molecule has 2 aliphatic heterocycles. The number of likely N-dealkylation sites (N-methyl/N-ethyl adjacent to an activating group) is 1. The molecule has 2 saturated heterocycles. The van der Waals surface area contributed by atoms with Gasteiger partial charge in [-0.05, 0) is 64.8 Å². The van der Waals surface area contributed by atoms with Gasteiger partial charge in [0.2, 0.25) is 0 Å². The fourth-order valence-electron chi connectivity index (χ4n) is 5.39. The summed E-state index contributed by atoms with van der Waals surface area (Å²) < 4.78 is 2.02. The Kier molecular flexibility index (Phi) is 5.37. The third-order valence-corrected chi connectivity index (χ3v) is 7.13. The lowest BCUT2D eigenvalue weighted by molar-refractivity contribution is 0.0447. The van der Waals surface area contributed by atoms with Gasteiger partial charge in [0.15, 0.2) is 5.69 Å². The lowest BCUT2D eigenvalue weighted by Gasteiger charge is -2.42. The smallest absolute Gasteiger partial charge is 0.274 e. The monoisotopic (exact) mass is 407 g/mol. The van der Waals surface area contributed by atoms with E-state index in [1.54, 1.807) is 0 Å². The van der Waals surface area contributed by atoms with Crippen LogP contribution in [0.1, 0.15) is 46.6 Å². The highest BCUT2D eigenvalue weighted by Gasteiger charge is 2.33. The molecule has 1 aromatic carbocycles. The van der Waals surface area contributed by atoms with Crippen molar-refractivity contribution in [2.75, 3.05) is 46.3 Å². The number of benzene rings is 1. The number of rotatable bonds is 3. The van der Waals surface area contributed by atoms with Gasteiger partial charge >= 0.3 is 0 Å². The van der Waals surface area contributed by atoms with Crippen LogP contribution in [0.4, 0.5) is 0 Å². The Balaban J connectivity index is 1.31. The first kappa shape index (κ1) is 19.8. The number of hydrogen-bond donors (Lipinski definition) is 0. The Bertz CT molecular complexity index is 910. The number of piperazine rings is 1. The SMILES string of the molecule is Cc1ccc(-n2nc(C(=O)N3CCN(C4CCCN(C)C4)CC3)c3c2CCC3)cc1. The normalized spacial score (nSPS) is 23.0. The topological polar surface area (TPSA) is 44.6 Å². The molecule has 3 aliphatic rings. The van der Waals surface area contributed by atoms with Gasteiger partial charge in [-0.2, -0.15) is 5.10 Å². The summed E-state index contributed by atoms with van der Waals surface area (Å²) in [5.74, 6) is 0.124. The van der Waals surface area contributed by atoms with Crippen molar-refractivity contribution in [2.45, 2.75) is 45.1 Å². The Morgan fingerprint density at radius 1 is 1.00 bits per heavy atom. The summed E-state index contributed by atoms with van der Waals surface area (Å²) in [5, 5.41) is 4.83. The van der Waals surface area contributed by atoms with Gasteiger partial charge in [-0.3, -0.25) is 9.69 Å². The second-order valence-electron chi connectivity index (χ2n) is 9.26. The number of aromatic nitrogens is 2. The van der Waals surface area contributed by atoms with E-state index in [1.807, 2.05) is 9.58 Å². The summed E-state index contributed by atoms with van der Waals surface area (Å²) in [6.45, 7) is 8.04. The summed E-state index contributed by atoms with van der Waals surface area (Å²) in [7, 11) is 2.22. The summed E-state index contributed by atoms with van der Waals surface area (Å²) in [4.78, 5) is 20.5. The molecule has 0 spiro atoms. The van der Waals surface area contributed by atoms with Gasteiger partial charge < -0.3 is 9.80 Å². The number of hydrogen-bond acceptors (Lipinski definition) is 4. The van der Waals surface area contributed by atoms with Crippen molar-refractivity contribution >= 4 is 5.91 Å². The molecule has 0 N–H and O–H groups in total. The lowest BCUT2D eigenvalue weighted by Crippen LogP contribution is -2.55. The van der Waals surface area contributed by atoms with Gasteiger partial charge in [-0.1, -0.05) is 17.7 Å². The minimum Gasteiger partial charge on any atom is -0.335 e. The molecule has 1 atom stereocenters. The van der Waals surface area contributed by atoms with Crippen molar-refractivity contribution in [2.24, 2.45) is 0 Å². The van der Waals surface area contributed by atoms with Gasteiger partial charge in [0.05, 0.1) is 5.69 Å². The number of fused-ring (bicyclic) bond motifs is 1. The van der Waals surface area contributed by atoms with Crippen LogP contribution in [-0.2, 0) is 12.8 Å². The van der Waals surface area contributed by atoms with Crippen molar-refractivity contribution < 1.29 is 4.79 Å². The summed E-state index contributed by atoms with van der Waals surface area (Å²) in [6.07, 6.45) is 5.65. The Hall–Kier alpha value is -2.18. The highest BCUT2D eigenvalue weighted by Crippen LogP contribution is 2.29. The van der Waals surface area contributed by atoms with Gasteiger partial charge in [0, 0.05) is 50.0 Å². The molecule has 1 amide bonds. The molecule has 2 aromatic rings. The molecular weight excluding hydrogens is 374 g/mol. The minimum atomic E-state index is 0.124. The summed E-state index contributed by atoms with van der Waals surface area (Å²) in [6, 6.07) is 9.08. The molecule has 3 heterocycles. The first-order valence-corrected chi connectivity index (χ1v) is 11.5. The molecular formula is C24H33N5O. The minimum absolute atomic E-state index is 0.124. The van der Waals surface area contributed by atoms with Crippen LogP contribution in [0.15, 0.2) is 24.3 Å². The van der Waals surface area contributed by atoms with E-state index < -0.39 is 0 Å². The average Bonchev–Trinajstić information content (AvgIpc) is 3.37. The fraction of sp³-hybridized carbons (Fsp3) is 0.583. The second-order valence-corrected chi connectivity index (χ2v) is 9.26. The average molecular weight is 408 g/mol. The zero-order valence-corrected chi connectivity index (χ0v) is 18.3. The third kappa shape index (κ3) is 3.67. The van der Waals surface area contributed by atoms with Crippen LogP contribution in [-0.4, -0.2) is 82.7 Å². The molecule has 160 valence electrons. The molecule has 6 heteroatoms. The molecule has 1 unspecified atom stereocenters. The van der Waals surface area contributed by atoms with E-state index in [9.17, 15) is 4.79 Å². The van der Waals surface area contributed by atoms with E-state index in [4.69, 9.17) is 5.10 Å². The van der Waals surface area contributed by atoms with Crippen molar-refractivity contribution in [3.8, 4) is 5.69 Å². The first-order valence-electron chi connectivity index (χ1n) is 11.5. The van der Waals surface area contributed by atoms with Crippen LogP contribution in [0.25, 0.3) is 5.69 Å². The quantitative estimate of drug-likeness (QED) is 0.784. The van der Waals surface area contributed by atoms with E-state index in [2.05, 4.69) is 48.0 Å². The molecule has 1 aliphatic carbocycles. The van der Waals surface area contributed by atoms with Crippen molar-refractivity contribution in [1.29, 1.82) is 0 Å². The zero-order chi connectivity index (χ0) is 20.7. The van der Waals surface area contributed by atoms with Gasteiger partial charge in [-0.15, -0.1) is 0 Å². The summed E-state index contributed by atoms with van der Waals surface area (Å²) >= 11 is 0. The molecule has 2 fully saturated rings. The van der Waals surface area contributed by atoms with Crippen molar-refractivity contribution in [3.05, 3.63) is 46.8 Å². The predicted molar refractivity (Wildman–Crippen MR) is 118 cm³/mol. The Morgan fingerprint density at radius 3 is 2.50 bits per heavy atom. The number of piperidine rings is 1. The molecule has 0 saturated carbocycles. The van der Waals surface area contributed by atoms with Crippen molar-refractivity contribution in [3.63, 3.8) is 0 Å². The fourth-order valence-corrected chi connectivity index (χ4v) is 5.39. The Labute approximate surface area is 179 Å². The molecule has 1 aromatic heterocycles. The molecule has 30 heavy (non-hydrogen) atoms. The molecule has 0 bridgehead atoms. The van der Waals surface area contributed by atoms with Crippen LogP contribution < -0.4 is 0 Å². The predicted octanol–water partition coefficient (Wildman–Crippen LogP) is 2.52. The van der Waals surface area contributed by atoms with Gasteiger partial charge in [0.1, 0.15) is 0 Å².